The SMILES string of the molecule is CCNCCCn1nc(C)c(S(=O)(=O)N(CC)CC)c1C. The second kappa shape index (κ2) is 7.91. The minimum Gasteiger partial charge on any atom is -0.317 e. The molecule has 1 aromatic heterocycles. The Morgan fingerprint density at radius 1 is 1.19 bits per heavy atom. The predicted molar refractivity (Wildman–Crippen MR) is 85.0 cm³/mol. The number of rotatable bonds is 9. The molecule has 0 aliphatic rings. The molecule has 0 radical (unpaired) electrons. The van der Waals surface area contributed by atoms with Crippen LogP contribution in [-0.2, 0) is 16.6 Å². The maximum Gasteiger partial charge on any atom is 0.246 e. The lowest BCUT2D eigenvalue weighted by atomic mass is 10.4. The summed E-state index contributed by atoms with van der Waals surface area (Å²) in [6.45, 7) is 12.9. The molecule has 0 spiro atoms. The van der Waals surface area contributed by atoms with Crippen molar-refractivity contribution >= 4 is 10.0 Å². The third kappa shape index (κ3) is 4.05. The van der Waals surface area contributed by atoms with Crippen LogP contribution in [0.3, 0.4) is 0 Å². The first-order valence-corrected chi connectivity index (χ1v) is 9.08. The Morgan fingerprint density at radius 2 is 1.81 bits per heavy atom. The molecular weight excluding hydrogens is 288 g/mol. The molecule has 1 N–H and O–H groups in total. The predicted octanol–water partition coefficient (Wildman–Crippen LogP) is 1.53. The summed E-state index contributed by atoms with van der Waals surface area (Å²) in [5.74, 6) is 0. The maximum atomic E-state index is 12.7. The molecule has 0 saturated carbocycles. The lowest BCUT2D eigenvalue weighted by Crippen LogP contribution is -2.31. The minimum atomic E-state index is -3.44. The van der Waals surface area contributed by atoms with Crippen molar-refractivity contribution in [3.63, 3.8) is 0 Å². The number of aromatic nitrogens is 2. The third-order valence-corrected chi connectivity index (χ3v) is 5.89. The first kappa shape index (κ1) is 18.1. The van der Waals surface area contributed by atoms with Gasteiger partial charge in [-0.05, 0) is 33.4 Å². The Morgan fingerprint density at radius 3 is 2.33 bits per heavy atom. The van der Waals surface area contributed by atoms with Crippen molar-refractivity contribution in [3.8, 4) is 0 Å². The van der Waals surface area contributed by atoms with Crippen molar-refractivity contribution in [2.24, 2.45) is 0 Å². The molecule has 0 fully saturated rings. The lowest BCUT2D eigenvalue weighted by Gasteiger charge is -2.18. The summed E-state index contributed by atoms with van der Waals surface area (Å²) in [4.78, 5) is 0.370. The van der Waals surface area contributed by atoms with Crippen molar-refractivity contribution < 1.29 is 8.42 Å². The van der Waals surface area contributed by atoms with Crippen molar-refractivity contribution in [2.45, 2.75) is 52.5 Å². The van der Waals surface area contributed by atoms with Crippen LogP contribution in [0.5, 0.6) is 0 Å². The molecule has 0 amide bonds. The molecule has 122 valence electrons. The topological polar surface area (TPSA) is 67.2 Å². The van der Waals surface area contributed by atoms with Gasteiger partial charge in [0.05, 0.1) is 11.4 Å². The molecule has 0 bridgehead atoms. The fourth-order valence-electron chi connectivity index (χ4n) is 2.49. The monoisotopic (exact) mass is 316 g/mol. The summed E-state index contributed by atoms with van der Waals surface area (Å²) in [6.07, 6.45) is 0.931. The van der Waals surface area contributed by atoms with Gasteiger partial charge in [0.25, 0.3) is 0 Å². The molecular formula is C14H28N4O2S. The zero-order chi connectivity index (χ0) is 16.0. The summed E-state index contributed by atoms with van der Waals surface area (Å²) in [7, 11) is -3.44. The largest absolute Gasteiger partial charge is 0.317 e. The standard InChI is InChI=1S/C14H28N4O2S/c1-6-15-10-9-11-18-13(5)14(12(4)16-18)21(19,20)17(7-2)8-3/h15H,6-11H2,1-5H3. The van der Waals surface area contributed by atoms with E-state index in [2.05, 4.69) is 17.3 Å². The molecule has 7 heteroatoms. The van der Waals surface area contributed by atoms with Crippen LogP contribution in [0.25, 0.3) is 0 Å². The number of nitrogens with one attached hydrogen (secondary N) is 1. The van der Waals surface area contributed by atoms with Crippen LogP contribution in [0.2, 0.25) is 0 Å². The summed E-state index contributed by atoms with van der Waals surface area (Å²) in [6, 6.07) is 0. The van der Waals surface area contributed by atoms with Gasteiger partial charge < -0.3 is 5.32 Å². The minimum absolute atomic E-state index is 0.370. The molecule has 0 aliphatic heterocycles. The summed E-state index contributed by atoms with van der Waals surface area (Å²) >= 11 is 0. The number of hydrogen-bond donors (Lipinski definition) is 1. The Balaban J connectivity index is 3.02. The third-order valence-electron chi connectivity index (χ3n) is 3.59. The Labute approximate surface area is 128 Å². The summed E-state index contributed by atoms with van der Waals surface area (Å²) in [5.41, 5.74) is 1.32. The van der Waals surface area contributed by atoms with E-state index in [9.17, 15) is 8.42 Å². The van der Waals surface area contributed by atoms with Crippen LogP contribution in [0, 0.1) is 13.8 Å². The zero-order valence-corrected chi connectivity index (χ0v) is 14.6. The van der Waals surface area contributed by atoms with Gasteiger partial charge in [-0.15, -0.1) is 0 Å². The molecule has 0 aromatic carbocycles. The second-order valence-electron chi connectivity index (χ2n) is 5.02. The van der Waals surface area contributed by atoms with E-state index >= 15 is 0 Å². The molecule has 6 nitrogen and oxygen atoms in total. The van der Waals surface area contributed by atoms with E-state index in [1.165, 1.54) is 4.31 Å². The smallest absolute Gasteiger partial charge is 0.246 e. The van der Waals surface area contributed by atoms with Gasteiger partial charge in [-0.3, -0.25) is 4.68 Å². The zero-order valence-electron chi connectivity index (χ0n) is 13.8. The molecule has 0 unspecified atom stereocenters. The highest BCUT2D eigenvalue weighted by atomic mass is 32.2. The van der Waals surface area contributed by atoms with Crippen LogP contribution in [0.15, 0.2) is 4.90 Å². The quantitative estimate of drug-likeness (QED) is 0.702. The van der Waals surface area contributed by atoms with Crippen LogP contribution in [0.4, 0.5) is 0 Å². The van der Waals surface area contributed by atoms with Crippen molar-refractivity contribution in [1.82, 2.24) is 19.4 Å². The van der Waals surface area contributed by atoms with Crippen LogP contribution in [0.1, 0.15) is 38.6 Å². The number of aryl methyl sites for hydroxylation is 2. The number of sulfonamides is 1. The maximum absolute atomic E-state index is 12.7. The van der Waals surface area contributed by atoms with E-state index in [1.54, 1.807) is 6.92 Å². The normalized spacial score (nSPS) is 12.3. The van der Waals surface area contributed by atoms with Crippen LogP contribution >= 0.6 is 0 Å². The fourth-order valence-corrected chi connectivity index (χ4v) is 4.33. The molecule has 0 aliphatic carbocycles. The van der Waals surface area contributed by atoms with Crippen molar-refractivity contribution in [2.75, 3.05) is 26.2 Å². The number of nitrogens with zero attached hydrogens (tertiary/aromatic N) is 3. The Bertz CT molecular complexity index is 548. The van der Waals surface area contributed by atoms with E-state index in [4.69, 9.17) is 0 Å². The number of hydrogen-bond acceptors (Lipinski definition) is 4. The highest BCUT2D eigenvalue weighted by Gasteiger charge is 2.28. The van der Waals surface area contributed by atoms with Gasteiger partial charge in [0.1, 0.15) is 4.90 Å². The van der Waals surface area contributed by atoms with Gasteiger partial charge in [0, 0.05) is 19.6 Å². The van der Waals surface area contributed by atoms with Crippen molar-refractivity contribution in [3.05, 3.63) is 11.4 Å². The Kier molecular flexibility index (Phi) is 6.83. The molecule has 1 heterocycles. The van der Waals surface area contributed by atoms with E-state index in [0.717, 1.165) is 31.7 Å². The van der Waals surface area contributed by atoms with Gasteiger partial charge in [-0.25, -0.2) is 8.42 Å². The highest BCUT2D eigenvalue weighted by molar-refractivity contribution is 7.89. The van der Waals surface area contributed by atoms with E-state index in [0.29, 0.717) is 23.7 Å². The molecule has 1 rings (SSSR count). The van der Waals surface area contributed by atoms with Gasteiger partial charge in [0.2, 0.25) is 10.0 Å². The lowest BCUT2D eigenvalue weighted by molar-refractivity contribution is 0.444. The highest BCUT2D eigenvalue weighted by Crippen LogP contribution is 2.23. The first-order chi connectivity index (χ1) is 9.89. The molecule has 0 atom stereocenters. The van der Waals surface area contributed by atoms with Gasteiger partial charge in [0.15, 0.2) is 0 Å². The summed E-state index contributed by atoms with van der Waals surface area (Å²) in [5, 5.41) is 7.67. The molecule has 0 saturated heterocycles. The van der Waals surface area contributed by atoms with Gasteiger partial charge in [-0.1, -0.05) is 20.8 Å². The van der Waals surface area contributed by atoms with E-state index in [1.807, 2.05) is 25.5 Å². The van der Waals surface area contributed by atoms with E-state index < -0.39 is 10.0 Å². The Hall–Kier alpha value is -0.920. The first-order valence-electron chi connectivity index (χ1n) is 7.64. The molecule has 21 heavy (non-hydrogen) atoms. The summed E-state index contributed by atoms with van der Waals surface area (Å²) < 4.78 is 28.7. The van der Waals surface area contributed by atoms with Crippen LogP contribution in [-0.4, -0.2) is 48.7 Å². The van der Waals surface area contributed by atoms with E-state index in [-0.39, 0.29) is 0 Å². The average Bonchev–Trinajstić information content (AvgIpc) is 2.71. The van der Waals surface area contributed by atoms with Gasteiger partial charge in [-0.2, -0.15) is 9.40 Å². The van der Waals surface area contributed by atoms with Gasteiger partial charge >= 0.3 is 0 Å². The average molecular weight is 316 g/mol. The second-order valence-corrected chi connectivity index (χ2v) is 6.89. The van der Waals surface area contributed by atoms with Crippen molar-refractivity contribution in [1.29, 1.82) is 0 Å². The van der Waals surface area contributed by atoms with Crippen LogP contribution < -0.4 is 5.32 Å². The fraction of sp³-hybridized carbons (Fsp3) is 0.786. The molecule has 1 aromatic rings.